The SMILES string of the molecule is O=C(Nc1ncn(Cc2ccc(Cl)cc2)n1)c1ccnn1COc1ccc(Cl)cc1. The highest BCUT2D eigenvalue weighted by molar-refractivity contribution is 6.30. The number of nitrogens with one attached hydrogen (secondary N) is 1. The Morgan fingerprint density at radius 3 is 2.43 bits per heavy atom. The molecular weight excluding hydrogens is 427 g/mol. The number of aromatic nitrogens is 5. The Bertz CT molecular complexity index is 1140. The maximum atomic E-state index is 12.6. The van der Waals surface area contributed by atoms with E-state index < -0.39 is 5.91 Å². The summed E-state index contributed by atoms with van der Waals surface area (Å²) in [6, 6.07) is 15.9. The van der Waals surface area contributed by atoms with E-state index >= 15 is 0 Å². The molecule has 0 fully saturated rings. The molecule has 0 saturated heterocycles. The standard InChI is InChI=1S/C20H16Cl2N6O2/c21-15-3-1-14(2-4-15)11-27-12-23-20(26-27)25-19(29)18-9-10-24-28(18)13-30-17-7-5-16(22)6-8-17/h1-10,12H,11,13H2,(H,25,26,29). The lowest BCUT2D eigenvalue weighted by atomic mass is 10.2. The number of rotatable bonds is 7. The van der Waals surface area contributed by atoms with Gasteiger partial charge in [-0.1, -0.05) is 35.3 Å². The van der Waals surface area contributed by atoms with Crippen molar-refractivity contribution in [1.82, 2.24) is 24.5 Å². The second-order valence-electron chi connectivity index (χ2n) is 6.29. The van der Waals surface area contributed by atoms with Crippen molar-refractivity contribution in [3.63, 3.8) is 0 Å². The average Bonchev–Trinajstić information content (AvgIpc) is 3.39. The Labute approximate surface area is 182 Å². The van der Waals surface area contributed by atoms with Crippen molar-refractivity contribution >= 4 is 35.1 Å². The molecule has 0 atom stereocenters. The minimum atomic E-state index is -0.392. The summed E-state index contributed by atoms with van der Waals surface area (Å²) >= 11 is 11.8. The smallest absolute Gasteiger partial charge is 0.276 e. The molecule has 0 aliphatic carbocycles. The number of benzene rings is 2. The summed E-state index contributed by atoms with van der Waals surface area (Å²) in [5.41, 5.74) is 1.33. The first-order valence-electron chi connectivity index (χ1n) is 8.92. The van der Waals surface area contributed by atoms with Crippen molar-refractivity contribution in [3.8, 4) is 5.75 Å². The van der Waals surface area contributed by atoms with Gasteiger partial charge in [-0.15, -0.1) is 5.10 Å². The lowest BCUT2D eigenvalue weighted by molar-refractivity contribution is 0.100. The molecule has 1 N–H and O–H groups in total. The van der Waals surface area contributed by atoms with E-state index in [1.54, 1.807) is 41.3 Å². The second-order valence-corrected chi connectivity index (χ2v) is 7.16. The number of nitrogens with zero attached hydrogens (tertiary/aromatic N) is 5. The third-order valence-electron chi connectivity index (χ3n) is 4.14. The molecule has 8 nitrogen and oxygen atoms in total. The Kier molecular flexibility index (Phi) is 5.97. The number of hydrogen-bond donors (Lipinski definition) is 1. The number of carbonyl (C=O) groups excluding carboxylic acids is 1. The van der Waals surface area contributed by atoms with Gasteiger partial charge in [0.05, 0.1) is 6.54 Å². The van der Waals surface area contributed by atoms with Gasteiger partial charge in [0.15, 0.2) is 6.73 Å². The van der Waals surface area contributed by atoms with E-state index in [-0.39, 0.29) is 12.7 Å². The quantitative estimate of drug-likeness (QED) is 0.465. The summed E-state index contributed by atoms with van der Waals surface area (Å²) in [5.74, 6) is 0.417. The first kappa shape index (κ1) is 19.9. The molecule has 0 unspecified atom stereocenters. The van der Waals surface area contributed by atoms with Crippen LogP contribution in [0.3, 0.4) is 0 Å². The molecule has 152 valence electrons. The van der Waals surface area contributed by atoms with E-state index in [1.807, 2.05) is 24.3 Å². The molecule has 4 aromatic rings. The second kappa shape index (κ2) is 8.98. The molecular formula is C20H16Cl2N6O2. The minimum absolute atomic E-state index is 0.0653. The largest absolute Gasteiger partial charge is 0.471 e. The fourth-order valence-corrected chi connectivity index (χ4v) is 2.92. The maximum Gasteiger partial charge on any atom is 0.276 e. The molecule has 2 heterocycles. The molecule has 0 bridgehead atoms. The Morgan fingerprint density at radius 1 is 1.00 bits per heavy atom. The van der Waals surface area contributed by atoms with Gasteiger partial charge in [0.25, 0.3) is 5.91 Å². The number of carbonyl (C=O) groups is 1. The Morgan fingerprint density at radius 2 is 1.70 bits per heavy atom. The van der Waals surface area contributed by atoms with Crippen molar-refractivity contribution in [2.45, 2.75) is 13.3 Å². The fourth-order valence-electron chi connectivity index (χ4n) is 2.67. The first-order valence-corrected chi connectivity index (χ1v) is 9.68. The average molecular weight is 443 g/mol. The molecule has 1 amide bonds. The highest BCUT2D eigenvalue weighted by atomic mass is 35.5. The van der Waals surface area contributed by atoms with Gasteiger partial charge in [-0.25, -0.2) is 14.3 Å². The van der Waals surface area contributed by atoms with E-state index in [1.165, 1.54) is 10.9 Å². The van der Waals surface area contributed by atoms with Gasteiger partial charge in [0, 0.05) is 16.2 Å². The van der Waals surface area contributed by atoms with Crippen molar-refractivity contribution < 1.29 is 9.53 Å². The van der Waals surface area contributed by atoms with Crippen molar-refractivity contribution in [2.75, 3.05) is 5.32 Å². The number of halogens is 2. The van der Waals surface area contributed by atoms with Crippen LogP contribution in [0.4, 0.5) is 5.95 Å². The van der Waals surface area contributed by atoms with E-state index in [9.17, 15) is 4.79 Å². The zero-order valence-corrected chi connectivity index (χ0v) is 17.1. The molecule has 2 aromatic heterocycles. The van der Waals surface area contributed by atoms with Crippen molar-refractivity contribution in [3.05, 3.63) is 88.4 Å². The van der Waals surface area contributed by atoms with Gasteiger partial charge in [-0.2, -0.15) is 5.10 Å². The third-order valence-corrected chi connectivity index (χ3v) is 4.64. The van der Waals surface area contributed by atoms with Gasteiger partial charge >= 0.3 is 0 Å². The predicted molar refractivity (Wildman–Crippen MR) is 113 cm³/mol. The molecule has 10 heteroatoms. The highest BCUT2D eigenvalue weighted by Crippen LogP contribution is 2.16. The van der Waals surface area contributed by atoms with Crippen LogP contribution in [0.2, 0.25) is 10.0 Å². The Balaban J connectivity index is 1.37. The van der Waals surface area contributed by atoms with Crippen LogP contribution in [0.15, 0.2) is 67.1 Å². The van der Waals surface area contributed by atoms with Crippen molar-refractivity contribution in [1.29, 1.82) is 0 Å². The minimum Gasteiger partial charge on any atom is -0.471 e. The van der Waals surface area contributed by atoms with Crippen LogP contribution in [0.1, 0.15) is 16.1 Å². The molecule has 0 aliphatic rings. The van der Waals surface area contributed by atoms with Crippen LogP contribution in [-0.2, 0) is 13.3 Å². The van der Waals surface area contributed by atoms with E-state index in [2.05, 4.69) is 20.5 Å². The normalized spacial score (nSPS) is 10.7. The summed E-state index contributed by atoms with van der Waals surface area (Å²) in [4.78, 5) is 16.7. The Hall–Kier alpha value is -3.36. The zero-order chi connectivity index (χ0) is 20.9. The zero-order valence-electron chi connectivity index (χ0n) is 15.6. The number of hydrogen-bond acceptors (Lipinski definition) is 5. The third kappa shape index (κ3) is 4.97. The number of amides is 1. The summed E-state index contributed by atoms with van der Waals surface area (Å²) in [6.45, 7) is 0.572. The molecule has 0 aliphatic heterocycles. The summed E-state index contributed by atoms with van der Waals surface area (Å²) in [7, 11) is 0. The van der Waals surface area contributed by atoms with Crippen LogP contribution in [0.25, 0.3) is 0 Å². The van der Waals surface area contributed by atoms with Gasteiger partial charge in [0.2, 0.25) is 5.95 Å². The van der Waals surface area contributed by atoms with Crippen LogP contribution >= 0.6 is 23.2 Å². The molecule has 30 heavy (non-hydrogen) atoms. The highest BCUT2D eigenvalue weighted by Gasteiger charge is 2.15. The summed E-state index contributed by atoms with van der Waals surface area (Å²) < 4.78 is 8.71. The fraction of sp³-hybridized carbons (Fsp3) is 0.100. The maximum absolute atomic E-state index is 12.6. The van der Waals surface area contributed by atoms with Crippen LogP contribution < -0.4 is 10.1 Å². The summed E-state index contributed by atoms with van der Waals surface area (Å²) in [6.07, 6.45) is 3.07. The van der Waals surface area contributed by atoms with Gasteiger partial charge < -0.3 is 4.74 Å². The van der Waals surface area contributed by atoms with Gasteiger partial charge in [-0.3, -0.25) is 10.1 Å². The van der Waals surface area contributed by atoms with Crippen LogP contribution in [0.5, 0.6) is 5.75 Å². The van der Waals surface area contributed by atoms with Gasteiger partial charge in [-0.05, 0) is 48.0 Å². The molecule has 2 aromatic carbocycles. The van der Waals surface area contributed by atoms with Crippen molar-refractivity contribution in [2.24, 2.45) is 0 Å². The summed E-state index contributed by atoms with van der Waals surface area (Å²) in [5, 5.41) is 12.4. The topological polar surface area (TPSA) is 86.9 Å². The molecule has 4 rings (SSSR count). The van der Waals surface area contributed by atoms with Crippen LogP contribution in [0, 0.1) is 0 Å². The lowest BCUT2D eigenvalue weighted by Gasteiger charge is -2.09. The van der Waals surface area contributed by atoms with E-state index in [0.717, 1.165) is 5.56 Å². The van der Waals surface area contributed by atoms with Gasteiger partial charge in [0.1, 0.15) is 17.8 Å². The molecule has 0 radical (unpaired) electrons. The van der Waals surface area contributed by atoms with E-state index in [0.29, 0.717) is 28.0 Å². The molecule has 0 saturated carbocycles. The van der Waals surface area contributed by atoms with Crippen LogP contribution in [-0.4, -0.2) is 30.5 Å². The lowest BCUT2D eigenvalue weighted by Crippen LogP contribution is -2.20. The predicted octanol–water partition coefficient (Wildman–Crippen LogP) is 4.12. The first-order chi connectivity index (χ1) is 14.6. The molecule has 0 spiro atoms. The number of ether oxygens (including phenoxy) is 1. The monoisotopic (exact) mass is 442 g/mol. The number of anilines is 1. The van der Waals surface area contributed by atoms with E-state index in [4.69, 9.17) is 27.9 Å².